The van der Waals surface area contributed by atoms with Gasteiger partial charge in [0.05, 0.1) is 12.0 Å². The highest BCUT2D eigenvalue weighted by Crippen LogP contribution is 2.47. The third-order valence-electron chi connectivity index (χ3n) is 4.36. The highest BCUT2D eigenvalue weighted by molar-refractivity contribution is 5.90. The average molecular weight is 388 g/mol. The molecule has 1 aliphatic heterocycles. The van der Waals surface area contributed by atoms with Crippen molar-refractivity contribution in [3.8, 4) is 0 Å². The second-order valence-electron chi connectivity index (χ2n) is 5.96. The smallest absolute Gasteiger partial charge is 0.423 e. The summed E-state index contributed by atoms with van der Waals surface area (Å²) in [5, 5.41) is 22.3. The Labute approximate surface area is 150 Å². The Morgan fingerprint density at radius 3 is 2.48 bits per heavy atom. The van der Waals surface area contributed by atoms with E-state index in [0.29, 0.717) is 0 Å². The first-order valence-corrected chi connectivity index (χ1v) is 7.54. The topological polar surface area (TPSA) is 119 Å². The number of benzene rings is 1. The maximum atomic E-state index is 13.9. The van der Waals surface area contributed by atoms with Gasteiger partial charge in [-0.1, -0.05) is 18.2 Å². The molecule has 0 saturated heterocycles. The van der Waals surface area contributed by atoms with E-state index in [9.17, 15) is 38.0 Å². The Morgan fingerprint density at radius 1 is 1.37 bits per heavy atom. The summed E-state index contributed by atoms with van der Waals surface area (Å²) in [5.41, 5.74) is -4.23. The lowest BCUT2D eigenvalue weighted by Gasteiger charge is -2.44. The van der Waals surface area contributed by atoms with Crippen molar-refractivity contribution in [2.24, 2.45) is 5.92 Å². The molecular weight excluding hydrogens is 373 g/mol. The van der Waals surface area contributed by atoms with Crippen molar-refractivity contribution in [3.05, 3.63) is 51.7 Å². The highest BCUT2D eigenvalue weighted by Gasteiger charge is 2.70. The summed E-state index contributed by atoms with van der Waals surface area (Å²) in [6.45, 7) is 1.21. The zero-order valence-corrected chi connectivity index (χ0v) is 14.1. The fourth-order valence-corrected chi connectivity index (χ4v) is 3.20. The molecule has 1 aromatic rings. The van der Waals surface area contributed by atoms with E-state index in [1.165, 1.54) is 25.1 Å². The van der Waals surface area contributed by atoms with E-state index in [1.807, 2.05) is 5.32 Å². The Hall–Kier alpha value is -3.11. The molecule has 0 amide bonds. The minimum absolute atomic E-state index is 0.0182. The van der Waals surface area contributed by atoms with Crippen LogP contribution in [0.15, 0.2) is 36.0 Å². The predicted molar refractivity (Wildman–Crippen MR) is 84.7 cm³/mol. The number of nitrogens with zero attached hydrogens (tertiary/aromatic N) is 1. The zero-order valence-electron chi connectivity index (χ0n) is 14.1. The van der Waals surface area contributed by atoms with Crippen LogP contribution in [0.3, 0.4) is 0 Å². The summed E-state index contributed by atoms with van der Waals surface area (Å²) in [4.78, 5) is 34.2. The molecule has 0 radical (unpaired) electrons. The molecule has 0 bridgehead atoms. The van der Waals surface area contributed by atoms with Crippen molar-refractivity contribution in [3.63, 3.8) is 0 Å². The van der Waals surface area contributed by atoms with Crippen LogP contribution in [0.5, 0.6) is 0 Å². The molecule has 0 spiro atoms. The SMILES string of the molecule is COC(=O)C1C(c2cccc([N+](=O)[O-])c2)C=C(C)NC1(C(=O)O)C(F)(F)F. The van der Waals surface area contributed by atoms with Crippen LogP contribution >= 0.6 is 0 Å². The number of ether oxygens (including phenoxy) is 1. The number of hydrogen-bond acceptors (Lipinski definition) is 6. The number of aliphatic carboxylic acids is 1. The maximum absolute atomic E-state index is 13.9. The molecule has 8 nitrogen and oxygen atoms in total. The number of nitrogens with one attached hydrogen (secondary N) is 1. The number of carboxylic acid groups (broad SMARTS) is 1. The van der Waals surface area contributed by atoms with E-state index in [-0.39, 0.29) is 11.3 Å². The van der Waals surface area contributed by atoms with Crippen molar-refractivity contribution in [1.82, 2.24) is 5.32 Å². The Balaban J connectivity index is 2.77. The van der Waals surface area contributed by atoms with Gasteiger partial charge in [0.15, 0.2) is 0 Å². The summed E-state index contributed by atoms with van der Waals surface area (Å²) in [6.07, 6.45) is -4.15. The fourth-order valence-electron chi connectivity index (χ4n) is 3.20. The Morgan fingerprint density at radius 2 is 2.00 bits per heavy atom. The molecular formula is C16H15F3N2O6. The van der Waals surface area contributed by atoms with Crippen molar-refractivity contribution < 1.29 is 37.5 Å². The van der Waals surface area contributed by atoms with Gasteiger partial charge in [-0.15, -0.1) is 0 Å². The van der Waals surface area contributed by atoms with E-state index in [1.54, 1.807) is 0 Å². The molecule has 0 aromatic heterocycles. The zero-order chi connectivity index (χ0) is 20.6. The molecule has 1 heterocycles. The van der Waals surface area contributed by atoms with Crippen LogP contribution in [-0.4, -0.2) is 40.8 Å². The number of hydrogen-bond donors (Lipinski definition) is 2. The summed E-state index contributed by atoms with van der Waals surface area (Å²) in [7, 11) is 0.834. The summed E-state index contributed by atoms with van der Waals surface area (Å²) >= 11 is 0. The Bertz CT molecular complexity index is 823. The van der Waals surface area contributed by atoms with E-state index in [0.717, 1.165) is 19.2 Å². The summed E-state index contributed by atoms with van der Waals surface area (Å²) in [5.74, 6) is -7.39. The molecule has 1 aromatic carbocycles. The molecule has 11 heteroatoms. The number of rotatable bonds is 4. The van der Waals surface area contributed by atoms with E-state index < -0.39 is 46.1 Å². The number of esters is 1. The molecule has 27 heavy (non-hydrogen) atoms. The van der Waals surface area contributed by atoms with Crippen molar-refractivity contribution in [1.29, 1.82) is 0 Å². The van der Waals surface area contributed by atoms with Gasteiger partial charge < -0.3 is 15.2 Å². The first kappa shape index (κ1) is 20.2. The third kappa shape index (κ3) is 3.32. The molecule has 0 saturated carbocycles. The second-order valence-corrected chi connectivity index (χ2v) is 5.96. The first-order valence-electron chi connectivity index (χ1n) is 7.54. The average Bonchev–Trinajstić information content (AvgIpc) is 2.59. The lowest BCUT2D eigenvalue weighted by molar-refractivity contribution is -0.384. The quantitative estimate of drug-likeness (QED) is 0.462. The van der Waals surface area contributed by atoms with Gasteiger partial charge in [0, 0.05) is 23.7 Å². The summed E-state index contributed by atoms with van der Waals surface area (Å²) < 4.78 is 46.1. The summed E-state index contributed by atoms with van der Waals surface area (Å²) in [6, 6.07) is 4.65. The van der Waals surface area contributed by atoms with E-state index >= 15 is 0 Å². The minimum Gasteiger partial charge on any atom is -0.479 e. The van der Waals surface area contributed by atoms with Crippen LogP contribution < -0.4 is 5.32 Å². The van der Waals surface area contributed by atoms with Gasteiger partial charge in [-0.25, -0.2) is 4.79 Å². The molecule has 1 aliphatic rings. The largest absolute Gasteiger partial charge is 0.479 e. The first-order chi connectivity index (χ1) is 12.5. The van der Waals surface area contributed by atoms with Crippen molar-refractivity contribution >= 4 is 17.6 Å². The van der Waals surface area contributed by atoms with Crippen LogP contribution in [0, 0.1) is 16.0 Å². The molecule has 2 N–H and O–H groups in total. The van der Waals surface area contributed by atoms with Crippen LogP contribution in [0.25, 0.3) is 0 Å². The number of nitro benzene ring substituents is 1. The van der Waals surface area contributed by atoms with Crippen LogP contribution in [-0.2, 0) is 14.3 Å². The van der Waals surface area contributed by atoms with Crippen molar-refractivity contribution in [2.75, 3.05) is 7.11 Å². The van der Waals surface area contributed by atoms with Crippen molar-refractivity contribution in [2.45, 2.75) is 24.6 Å². The maximum Gasteiger partial charge on any atom is 0.423 e. The molecule has 3 atom stereocenters. The minimum atomic E-state index is -5.37. The van der Waals surface area contributed by atoms with E-state index in [4.69, 9.17) is 0 Å². The van der Waals surface area contributed by atoms with Gasteiger partial charge >= 0.3 is 18.1 Å². The number of halogens is 3. The number of carboxylic acids is 1. The Kier molecular flexibility index (Phi) is 5.16. The lowest BCUT2D eigenvalue weighted by atomic mass is 9.69. The predicted octanol–water partition coefficient (Wildman–Crippen LogP) is 2.36. The second kappa shape index (κ2) is 6.89. The van der Waals surface area contributed by atoms with Gasteiger partial charge in [-0.05, 0) is 12.5 Å². The van der Waals surface area contributed by atoms with Gasteiger partial charge in [-0.2, -0.15) is 13.2 Å². The number of carbonyl (C=O) groups excluding carboxylic acids is 1. The van der Waals surface area contributed by atoms with Gasteiger partial charge in [0.25, 0.3) is 5.69 Å². The molecule has 2 rings (SSSR count). The number of nitro groups is 1. The highest BCUT2D eigenvalue weighted by atomic mass is 19.4. The number of carbonyl (C=O) groups is 2. The standard InChI is InChI=1S/C16H15F3N2O6/c1-8-6-11(9-4-3-5-10(7-9)21(25)26)12(13(22)27-2)15(20-8,14(23)24)16(17,18)19/h3-7,11-12,20H,1-2H3,(H,23,24). The number of alkyl halides is 3. The van der Waals surface area contributed by atoms with Crippen LogP contribution in [0.4, 0.5) is 18.9 Å². The third-order valence-corrected chi connectivity index (χ3v) is 4.36. The lowest BCUT2D eigenvalue weighted by Crippen LogP contribution is -2.70. The van der Waals surface area contributed by atoms with E-state index in [2.05, 4.69) is 4.74 Å². The normalized spacial score (nSPS) is 25.1. The monoisotopic (exact) mass is 388 g/mol. The van der Waals surface area contributed by atoms with Crippen LogP contribution in [0.1, 0.15) is 18.4 Å². The number of methoxy groups -OCH3 is 1. The van der Waals surface area contributed by atoms with Gasteiger partial charge in [-0.3, -0.25) is 14.9 Å². The molecule has 146 valence electrons. The van der Waals surface area contributed by atoms with Crippen LogP contribution in [0.2, 0.25) is 0 Å². The molecule has 3 unspecified atom stereocenters. The number of non-ortho nitro benzene ring substituents is 1. The van der Waals surface area contributed by atoms with Gasteiger partial charge in [0.1, 0.15) is 5.92 Å². The molecule has 0 fully saturated rings. The number of allylic oxidation sites excluding steroid dienone is 2. The fraction of sp³-hybridized carbons (Fsp3) is 0.375. The van der Waals surface area contributed by atoms with Gasteiger partial charge in [0.2, 0.25) is 5.54 Å². The molecule has 0 aliphatic carbocycles.